The third kappa shape index (κ3) is 4.46. The van der Waals surface area contributed by atoms with Gasteiger partial charge in [-0.3, -0.25) is 9.59 Å². The van der Waals surface area contributed by atoms with E-state index in [-0.39, 0.29) is 18.7 Å². The fraction of sp³-hybridized carbons (Fsp3) is 0.500. The summed E-state index contributed by atoms with van der Waals surface area (Å²) in [4.78, 5) is 22.9. The zero-order chi connectivity index (χ0) is 13.5. The van der Waals surface area contributed by atoms with E-state index in [9.17, 15) is 9.59 Å². The van der Waals surface area contributed by atoms with Gasteiger partial charge in [-0.1, -0.05) is 0 Å². The first-order chi connectivity index (χ1) is 8.54. The van der Waals surface area contributed by atoms with E-state index in [1.165, 1.54) is 0 Å². The Hall–Kier alpha value is -1.40. The van der Waals surface area contributed by atoms with Crippen molar-refractivity contribution < 1.29 is 14.3 Å². The maximum atomic E-state index is 11.5. The van der Waals surface area contributed by atoms with E-state index >= 15 is 0 Å². The number of nitrogens with one attached hydrogen (secondary N) is 2. The molecule has 0 aromatic carbocycles. The average Bonchev–Trinajstić information content (AvgIpc) is 2.82. The Bertz CT molecular complexity index is 390. The lowest BCUT2D eigenvalue weighted by molar-refractivity contribution is -0.139. The van der Waals surface area contributed by atoms with Crippen molar-refractivity contribution in [3.8, 4) is 0 Å². The Morgan fingerprint density at radius 1 is 1.39 bits per heavy atom. The van der Waals surface area contributed by atoms with Gasteiger partial charge in [0.1, 0.15) is 6.10 Å². The monoisotopic (exact) mass is 270 g/mol. The highest BCUT2D eigenvalue weighted by Gasteiger charge is 2.17. The van der Waals surface area contributed by atoms with Crippen molar-refractivity contribution >= 4 is 23.2 Å². The van der Waals surface area contributed by atoms with Gasteiger partial charge in [-0.05, 0) is 36.2 Å². The summed E-state index contributed by atoms with van der Waals surface area (Å²) >= 11 is 1.56. The molecule has 0 aliphatic carbocycles. The van der Waals surface area contributed by atoms with E-state index in [2.05, 4.69) is 10.6 Å². The van der Waals surface area contributed by atoms with Crippen LogP contribution in [0.2, 0.25) is 0 Å². The summed E-state index contributed by atoms with van der Waals surface area (Å²) in [5.74, 6) is -1.26. The summed E-state index contributed by atoms with van der Waals surface area (Å²) in [7, 11) is 1.57. The molecule has 0 aliphatic heterocycles. The summed E-state index contributed by atoms with van der Waals surface area (Å²) in [5, 5.41) is 8.98. The van der Waals surface area contributed by atoms with E-state index < -0.39 is 11.8 Å². The van der Waals surface area contributed by atoms with Crippen molar-refractivity contribution in [3.05, 3.63) is 22.4 Å². The summed E-state index contributed by atoms with van der Waals surface area (Å²) in [6, 6.07) is 1.87. The van der Waals surface area contributed by atoms with Crippen LogP contribution < -0.4 is 10.6 Å². The van der Waals surface area contributed by atoms with Gasteiger partial charge in [-0.25, -0.2) is 0 Å². The van der Waals surface area contributed by atoms with Crippen LogP contribution in [0.15, 0.2) is 16.8 Å². The molecule has 0 aliphatic rings. The van der Waals surface area contributed by atoms with Gasteiger partial charge in [0.05, 0.1) is 0 Å². The van der Waals surface area contributed by atoms with E-state index in [1.807, 2.05) is 16.8 Å². The molecule has 1 aromatic heterocycles. The molecule has 0 saturated carbocycles. The molecule has 5 nitrogen and oxygen atoms in total. The number of methoxy groups -OCH3 is 1. The largest absolute Gasteiger partial charge is 0.375 e. The molecule has 100 valence electrons. The topological polar surface area (TPSA) is 67.4 Å². The first-order valence-electron chi connectivity index (χ1n) is 5.68. The standard InChI is InChI=1S/C12H18N2O3S/c1-8(2)14-12(16)11(15)13-6-10(17-3)9-4-5-18-7-9/h4-5,7-8,10H,6H2,1-3H3,(H,13,15)(H,14,16). The molecular formula is C12H18N2O3S. The highest BCUT2D eigenvalue weighted by atomic mass is 32.1. The van der Waals surface area contributed by atoms with Crippen LogP contribution in [0.1, 0.15) is 25.5 Å². The number of carbonyl (C=O) groups excluding carboxylic acids is 2. The number of ether oxygens (including phenoxy) is 1. The fourth-order valence-electron chi connectivity index (χ4n) is 1.39. The summed E-state index contributed by atoms with van der Waals surface area (Å²) in [6.07, 6.45) is -0.230. The molecule has 0 bridgehead atoms. The maximum absolute atomic E-state index is 11.5. The third-order valence-corrected chi connectivity index (χ3v) is 2.97. The molecule has 1 heterocycles. The first kappa shape index (κ1) is 14.7. The molecule has 18 heavy (non-hydrogen) atoms. The van der Waals surface area contributed by atoms with E-state index in [0.29, 0.717) is 0 Å². The zero-order valence-electron chi connectivity index (χ0n) is 10.7. The fourth-order valence-corrected chi connectivity index (χ4v) is 2.09. The van der Waals surface area contributed by atoms with Gasteiger partial charge in [0.15, 0.2) is 0 Å². The second-order valence-corrected chi connectivity index (χ2v) is 4.90. The number of hydrogen-bond donors (Lipinski definition) is 2. The minimum absolute atomic E-state index is 0.0571. The van der Waals surface area contributed by atoms with Gasteiger partial charge in [-0.15, -0.1) is 0 Å². The smallest absolute Gasteiger partial charge is 0.309 e. The lowest BCUT2D eigenvalue weighted by atomic mass is 10.2. The van der Waals surface area contributed by atoms with Gasteiger partial charge in [0.2, 0.25) is 0 Å². The lowest BCUT2D eigenvalue weighted by Crippen LogP contribution is -2.43. The first-order valence-corrected chi connectivity index (χ1v) is 6.62. The second kappa shape index (κ2) is 7.13. The Morgan fingerprint density at radius 3 is 2.61 bits per heavy atom. The molecule has 1 rings (SSSR count). The summed E-state index contributed by atoms with van der Waals surface area (Å²) < 4.78 is 5.27. The van der Waals surface area contributed by atoms with E-state index in [1.54, 1.807) is 32.3 Å². The Labute approximate surface area is 111 Å². The van der Waals surface area contributed by atoms with Crippen molar-refractivity contribution in [1.82, 2.24) is 10.6 Å². The maximum Gasteiger partial charge on any atom is 0.309 e. The molecule has 1 aromatic rings. The van der Waals surface area contributed by atoms with Crippen LogP contribution >= 0.6 is 11.3 Å². The molecule has 1 unspecified atom stereocenters. The molecular weight excluding hydrogens is 252 g/mol. The molecule has 2 amide bonds. The average molecular weight is 270 g/mol. The Kier molecular flexibility index (Phi) is 5.80. The highest BCUT2D eigenvalue weighted by molar-refractivity contribution is 7.07. The molecule has 2 N–H and O–H groups in total. The number of amides is 2. The van der Waals surface area contributed by atoms with E-state index in [0.717, 1.165) is 5.56 Å². The van der Waals surface area contributed by atoms with Gasteiger partial charge in [0, 0.05) is 19.7 Å². The molecule has 0 spiro atoms. The Morgan fingerprint density at radius 2 is 2.11 bits per heavy atom. The summed E-state index contributed by atoms with van der Waals surface area (Å²) in [5.41, 5.74) is 0.993. The minimum atomic E-state index is -0.638. The van der Waals surface area contributed by atoms with Crippen molar-refractivity contribution in [2.45, 2.75) is 26.0 Å². The number of hydrogen-bond acceptors (Lipinski definition) is 4. The van der Waals surface area contributed by atoms with Crippen molar-refractivity contribution in [2.24, 2.45) is 0 Å². The number of thiophene rings is 1. The van der Waals surface area contributed by atoms with Crippen LogP contribution in [0.3, 0.4) is 0 Å². The lowest BCUT2D eigenvalue weighted by Gasteiger charge is -2.15. The minimum Gasteiger partial charge on any atom is -0.375 e. The molecule has 0 fully saturated rings. The van der Waals surface area contributed by atoms with Gasteiger partial charge >= 0.3 is 11.8 Å². The number of rotatable bonds is 5. The highest BCUT2D eigenvalue weighted by Crippen LogP contribution is 2.18. The van der Waals surface area contributed by atoms with Crippen molar-refractivity contribution in [3.63, 3.8) is 0 Å². The molecule has 6 heteroatoms. The Balaban J connectivity index is 2.44. The predicted octanol–water partition coefficient (Wildman–Crippen LogP) is 1.08. The second-order valence-electron chi connectivity index (χ2n) is 4.12. The van der Waals surface area contributed by atoms with Crippen LogP contribution in [0.5, 0.6) is 0 Å². The van der Waals surface area contributed by atoms with Crippen LogP contribution in [0.4, 0.5) is 0 Å². The predicted molar refractivity (Wildman–Crippen MR) is 70.4 cm³/mol. The van der Waals surface area contributed by atoms with E-state index in [4.69, 9.17) is 4.74 Å². The van der Waals surface area contributed by atoms with Crippen molar-refractivity contribution in [1.29, 1.82) is 0 Å². The van der Waals surface area contributed by atoms with Crippen LogP contribution in [0, 0.1) is 0 Å². The molecule has 0 radical (unpaired) electrons. The van der Waals surface area contributed by atoms with Crippen LogP contribution in [-0.4, -0.2) is 31.5 Å². The third-order valence-electron chi connectivity index (χ3n) is 2.27. The zero-order valence-corrected chi connectivity index (χ0v) is 11.5. The molecule has 0 saturated heterocycles. The van der Waals surface area contributed by atoms with Gasteiger partial charge in [0.25, 0.3) is 0 Å². The van der Waals surface area contributed by atoms with Crippen molar-refractivity contribution in [2.75, 3.05) is 13.7 Å². The van der Waals surface area contributed by atoms with Gasteiger partial charge < -0.3 is 15.4 Å². The molecule has 1 atom stereocenters. The van der Waals surface area contributed by atoms with Gasteiger partial charge in [-0.2, -0.15) is 11.3 Å². The summed E-state index contributed by atoms with van der Waals surface area (Å²) in [6.45, 7) is 3.88. The quantitative estimate of drug-likeness (QED) is 0.787. The normalized spacial score (nSPS) is 12.2. The number of carbonyl (C=O) groups is 2. The van der Waals surface area contributed by atoms with Crippen LogP contribution in [-0.2, 0) is 14.3 Å². The SMILES string of the molecule is COC(CNC(=O)C(=O)NC(C)C)c1ccsc1. The van der Waals surface area contributed by atoms with Crippen LogP contribution in [0.25, 0.3) is 0 Å².